The summed E-state index contributed by atoms with van der Waals surface area (Å²) in [4.78, 5) is 13.2. The van der Waals surface area contributed by atoms with Crippen molar-refractivity contribution in [1.29, 1.82) is 0 Å². The number of halogens is 2. The number of hydrogen-bond acceptors (Lipinski definition) is 2. The largest absolute Gasteiger partial charge is 0.392 e. The lowest BCUT2D eigenvalue weighted by Gasteiger charge is -2.39. The lowest BCUT2D eigenvalue weighted by molar-refractivity contribution is 0.141. The van der Waals surface area contributed by atoms with Crippen molar-refractivity contribution in [2.45, 2.75) is 18.9 Å². The van der Waals surface area contributed by atoms with E-state index in [0.717, 1.165) is 6.07 Å². The second-order valence-corrected chi connectivity index (χ2v) is 4.81. The number of aliphatic hydroxyl groups is 1. The fourth-order valence-corrected chi connectivity index (χ4v) is 1.97. The van der Waals surface area contributed by atoms with Crippen LogP contribution < -0.4 is 5.32 Å². The van der Waals surface area contributed by atoms with E-state index < -0.39 is 17.7 Å². The van der Waals surface area contributed by atoms with Gasteiger partial charge in [-0.1, -0.05) is 6.07 Å². The van der Waals surface area contributed by atoms with E-state index >= 15 is 0 Å². The molecule has 1 aromatic carbocycles. The molecule has 1 aliphatic rings. The van der Waals surface area contributed by atoms with Crippen LogP contribution in [0.5, 0.6) is 0 Å². The molecule has 6 heteroatoms. The molecule has 1 fully saturated rings. The van der Waals surface area contributed by atoms with E-state index in [-0.39, 0.29) is 18.5 Å². The quantitative estimate of drug-likeness (QED) is 0.873. The lowest BCUT2D eigenvalue weighted by atomic mass is 9.92. The Morgan fingerprint density at radius 2 is 2.16 bits per heavy atom. The summed E-state index contributed by atoms with van der Waals surface area (Å²) in [5, 5.41) is 11.6. The van der Waals surface area contributed by atoms with Crippen LogP contribution in [-0.4, -0.2) is 41.8 Å². The Morgan fingerprint density at radius 3 is 2.74 bits per heavy atom. The average Bonchev–Trinajstić information content (AvgIpc) is 2.29. The van der Waals surface area contributed by atoms with Crippen LogP contribution in [-0.2, 0) is 0 Å². The lowest BCUT2D eigenvalue weighted by Crippen LogP contribution is -2.53. The second-order valence-electron chi connectivity index (χ2n) is 4.81. The van der Waals surface area contributed by atoms with Crippen LogP contribution in [0.3, 0.4) is 0 Å². The van der Waals surface area contributed by atoms with Crippen molar-refractivity contribution >= 4 is 6.03 Å². The number of carbonyl (C=O) groups excluding carboxylic acids is 1. The monoisotopic (exact) mass is 270 g/mol. The first-order valence-electron chi connectivity index (χ1n) is 6.13. The Morgan fingerprint density at radius 1 is 1.47 bits per heavy atom. The Kier molecular flexibility index (Phi) is 3.99. The van der Waals surface area contributed by atoms with Crippen LogP contribution >= 0.6 is 0 Å². The van der Waals surface area contributed by atoms with Gasteiger partial charge in [-0.15, -0.1) is 0 Å². The van der Waals surface area contributed by atoms with Gasteiger partial charge in [0.1, 0.15) is 0 Å². The third kappa shape index (κ3) is 3.20. The first kappa shape index (κ1) is 13.7. The second kappa shape index (κ2) is 5.52. The summed E-state index contributed by atoms with van der Waals surface area (Å²) >= 11 is 0. The minimum Gasteiger partial charge on any atom is -0.392 e. The number of nitrogens with one attached hydrogen (secondary N) is 1. The van der Waals surface area contributed by atoms with Crippen molar-refractivity contribution in [1.82, 2.24) is 10.2 Å². The van der Waals surface area contributed by atoms with E-state index in [2.05, 4.69) is 5.32 Å². The zero-order chi connectivity index (χ0) is 14.0. The van der Waals surface area contributed by atoms with Gasteiger partial charge in [0.05, 0.1) is 6.10 Å². The SMILES string of the molecule is C[C@@H](O)CNC(=O)N1CC(c2ccc(F)c(F)c2)C1. The van der Waals surface area contributed by atoms with Crippen molar-refractivity contribution in [3.8, 4) is 0 Å². The predicted molar refractivity (Wildman–Crippen MR) is 65.8 cm³/mol. The maximum atomic E-state index is 13.1. The standard InChI is InChI=1S/C13H16F2N2O2/c1-8(18)5-16-13(19)17-6-10(7-17)9-2-3-11(14)12(15)4-9/h2-4,8,10,18H,5-7H2,1H3,(H,16,19)/t8-/m1/s1. The number of rotatable bonds is 3. The van der Waals surface area contributed by atoms with Crippen molar-refractivity contribution in [3.05, 3.63) is 35.4 Å². The molecule has 19 heavy (non-hydrogen) atoms. The molecule has 1 heterocycles. The topological polar surface area (TPSA) is 52.6 Å². The summed E-state index contributed by atoms with van der Waals surface area (Å²) in [6, 6.07) is 3.56. The molecule has 1 saturated heterocycles. The molecule has 1 atom stereocenters. The van der Waals surface area contributed by atoms with Crippen LogP contribution in [0.1, 0.15) is 18.4 Å². The van der Waals surface area contributed by atoms with E-state index in [0.29, 0.717) is 18.7 Å². The molecule has 0 saturated carbocycles. The van der Waals surface area contributed by atoms with Crippen LogP contribution in [0.15, 0.2) is 18.2 Å². The zero-order valence-electron chi connectivity index (χ0n) is 10.6. The van der Waals surface area contributed by atoms with E-state index in [4.69, 9.17) is 5.11 Å². The maximum absolute atomic E-state index is 13.1. The van der Waals surface area contributed by atoms with Gasteiger partial charge in [-0.05, 0) is 24.6 Å². The fourth-order valence-electron chi connectivity index (χ4n) is 1.97. The van der Waals surface area contributed by atoms with E-state index in [1.54, 1.807) is 11.8 Å². The molecule has 2 N–H and O–H groups in total. The van der Waals surface area contributed by atoms with E-state index in [1.807, 2.05) is 0 Å². The third-order valence-corrected chi connectivity index (χ3v) is 3.13. The van der Waals surface area contributed by atoms with Crippen molar-refractivity contribution < 1.29 is 18.7 Å². The normalized spacial score (nSPS) is 16.9. The smallest absolute Gasteiger partial charge is 0.317 e. The highest BCUT2D eigenvalue weighted by molar-refractivity contribution is 5.75. The van der Waals surface area contributed by atoms with E-state index in [1.165, 1.54) is 12.1 Å². The van der Waals surface area contributed by atoms with Crippen LogP contribution in [0.4, 0.5) is 13.6 Å². The molecular formula is C13H16F2N2O2. The van der Waals surface area contributed by atoms with E-state index in [9.17, 15) is 13.6 Å². The van der Waals surface area contributed by atoms with Crippen molar-refractivity contribution in [2.24, 2.45) is 0 Å². The molecule has 0 radical (unpaired) electrons. The number of likely N-dealkylation sites (tertiary alicyclic amines) is 1. The average molecular weight is 270 g/mol. The Labute approximate surface area is 110 Å². The minimum atomic E-state index is -0.866. The van der Waals surface area contributed by atoms with Gasteiger partial charge < -0.3 is 15.3 Å². The first-order chi connectivity index (χ1) is 8.97. The van der Waals surface area contributed by atoms with Gasteiger partial charge in [0.2, 0.25) is 0 Å². The Bertz CT molecular complexity index is 474. The molecule has 0 aliphatic carbocycles. The molecule has 0 unspecified atom stereocenters. The number of hydrogen-bond donors (Lipinski definition) is 2. The number of urea groups is 1. The molecule has 0 aromatic heterocycles. The molecule has 104 valence electrons. The molecule has 1 aromatic rings. The molecule has 0 bridgehead atoms. The van der Waals surface area contributed by atoms with Gasteiger partial charge in [0, 0.05) is 25.6 Å². The number of nitrogens with zero attached hydrogens (tertiary/aromatic N) is 1. The molecule has 4 nitrogen and oxygen atoms in total. The Hall–Kier alpha value is -1.69. The molecule has 2 rings (SSSR count). The number of amides is 2. The summed E-state index contributed by atoms with van der Waals surface area (Å²) in [7, 11) is 0. The molecule has 2 amide bonds. The minimum absolute atomic E-state index is 0.0346. The predicted octanol–water partition coefficient (Wildman–Crippen LogP) is 1.45. The summed E-state index contributed by atoms with van der Waals surface area (Å²) < 4.78 is 25.9. The van der Waals surface area contributed by atoms with Gasteiger partial charge >= 0.3 is 6.03 Å². The number of benzene rings is 1. The maximum Gasteiger partial charge on any atom is 0.317 e. The molecule has 1 aliphatic heterocycles. The van der Waals surface area contributed by atoms with Crippen molar-refractivity contribution in [3.63, 3.8) is 0 Å². The molecular weight excluding hydrogens is 254 g/mol. The summed E-state index contributed by atoms with van der Waals surface area (Å²) in [6.07, 6.45) is -0.591. The first-order valence-corrected chi connectivity index (χ1v) is 6.13. The Balaban J connectivity index is 1.85. The molecule has 0 spiro atoms. The highest BCUT2D eigenvalue weighted by Crippen LogP contribution is 2.27. The van der Waals surface area contributed by atoms with Gasteiger partial charge in [-0.25, -0.2) is 13.6 Å². The number of carbonyl (C=O) groups is 1. The van der Waals surface area contributed by atoms with Crippen molar-refractivity contribution in [2.75, 3.05) is 19.6 Å². The summed E-state index contributed by atoms with van der Waals surface area (Å²) in [6.45, 7) is 2.72. The highest BCUT2D eigenvalue weighted by Gasteiger charge is 2.32. The van der Waals surface area contributed by atoms with Gasteiger partial charge in [0.25, 0.3) is 0 Å². The zero-order valence-corrected chi connectivity index (χ0v) is 10.6. The van der Waals surface area contributed by atoms with Crippen LogP contribution in [0.25, 0.3) is 0 Å². The third-order valence-electron chi connectivity index (χ3n) is 3.13. The summed E-state index contributed by atoms with van der Waals surface area (Å²) in [5.41, 5.74) is 0.693. The van der Waals surface area contributed by atoms with Gasteiger partial charge in [-0.3, -0.25) is 0 Å². The number of aliphatic hydroxyl groups excluding tert-OH is 1. The van der Waals surface area contributed by atoms with Crippen LogP contribution in [0.2, 0.25) is 0 Å². The summed E-state index contributed by atoms with van der Waals surface area (Å²) in [5.74, 6) is -1.70. The van der Waals surface area contributed by atoms with Crippen LogP contribution in [0, 0.1) is 11.6 Å². The van der Waals surface area contributed by atoms with Gasteiger partial charge in [-0.2, -0.15) is 0 Å². The fraction of sp³-hybridized carbons (Fsp3) is 0.462. The van der Waals surface area contributed by atoms with Gasteiger partial charge in [0.15, 0.2) is 11.6 Å². The highest BCUT2D eigenvalue weighted by atomic mass is 19.2.